The van der Waals surface area contributed by atoms with Crippen LogP contribution in [0, 0.1) is 5.82 Å². The van der Waals surface area contributed by atoms with E-state index >= 15 is 0 Å². The number of fused-ring (bicyclic) bond motifs is 2. The van der Waals surface area contributed by atoms with Gasteiger partial charge in [0.05, 0.1) is 27.9 Å². The first-order chi connectivity index (χ1) is 15.1. The van der Waals surface area contributed by atoms with Gasteiger partial charge in [0.25, 0.3) is 5.56 Å². The van der Waals surface area contributed by atoms with Crippen LogP contribution in [-0.4, -0.2) is 36.4 Å². The maximum Gasteiger partial charge on any atom is 0.262 e. The summed E-state index contributed by atoms with van der Waals surface area (Å²) >= 11 is 2.28. The van der Waals surface area contributed by atoms with Gasteiger partial charge in [-0.15, -0.1) is 0 Å². The molecule has 11 heteroatoms. The zero-order valence-corrected chi connectivity index (χ0v) is 17.3. The third-order valence-corrected chi connectivity index (χ3v) is 6.16. The molecule has 0 aliphatic rings. The lowest BCUT2D eigenvalue weighted by atomic mass is 10.3. The van der Waals surface area contributed by atoms with Gasteiger partial charge in [-0.05, 0) is 30.3 Å². The number of nitrogens with zero attached hydrogens (tertiary/aromatic N) is 4. The summed E-state index contributed by atoms with van der Waals surface area (Å²) in [5, 5.41) is 7.99. The zero-order chi connectivity index (χ0) is 21.4. The van der Waals surface area contributed by atoms with Gasteiger partial charge in [-0.3, -0.25) is 9.59 Å². The molecule has 1 amide bonds. The van der Waals surface area contributed by atoms with Gasteiger partial charge in [0.15, 0.2) is 15.9 Å². The van der Waals surface area contributed by atoms with Gasteiger partial charge in [-0.2, -0.15) is 5.10 Å². The first kappa shape index (κ1) is 19.4. The monoisotopic (exact) mass is 452 g/mol. The Morgan fingerprint density at radius 3 is 2.87 bits per heavy atom. The van der Waals surface area contributed by atoms with Crippen molar-refractivity contribution in [2.75, 3.05) is 11.1 Å². The van der Waals surface area contributed by atoms with Crippen molar-refractivity contribution >= 4 is 55.4 Å². The molecule has 0 radical (unpaired) electrons. The topological polar surface area (TPSA) is 106 Å². The summed E-state index contributed by atoms with van der Waals surface area (Å²) in [5.41, 5.74) is 1.46. The predicted octanol–water partition coefficient (Wildman–Crippen LogP) is 3.59. The fraction of sp³-hybridized carbons (Fsp3) is 0.0500. The minimum atomic E-state index is -0.357. The van der Waals surface area contributed by atoms with E-state index in [0.717, 1.165) is 17.4 Å². The van der Waals surface area contributed by atoms with E-state index in [1.807, 2.05) is 30.3 Å². The Bertz CT molecular complexity index is 1480. The lowest BCUT2D eigenvalue weighted by Crippen LogP contribution is -2.15. The number of carbonyl (C=O) groups is 1. The van der Waals surface area contributed by atoms with Gasteiger partial charge in [0, 0.05) is 0 Å². The smallest absolute Gasteiger partial charge is 0.262 e. The van der Waals surface area contributed by atoms with E-state index in [1.165, 1.54) is 29.7 Å². The van der Waals surface area contributed by atoms with Gasteiger partial charge in [-0.25, -0.2) is 19.0 Å². The normalized spacial score (nSPS) is 11.3. The van der Waals surface area contributed by atoms with Crippen LogP contribution in [0.2, 0.25) is 0 Å². The molecule has 0 fully saturated rings. The number of anilines is 1. The molecule has 2 aromatic carbocycles. The Balaban J connectivity index is 1.34. The fourth-order valence-electron chi connectivity index (χ4n) is 2.97. The van der Waals surface area contributed by atoms with Gasteiger partial charge >= 0.3 is 0 Å². The molecule has 3 heterocycles. The van der Waals surface area contributed by atoms with Crippen molar-refractivity contribution in [1.29, 1.82) is 0 Å². The standard InChI is InChI=1S/C20H13FN6O2S2/c21-11-6-7-14-15(8-11)31-20(23-14)24-16(28)10-30-19-25-17-13(18(29)26-19)9-22-27(17)12-4-2-1-3-5-12/h1-9H,10H2,(H,23,24,28)(H,25,26,29). The highest BCUT2D eigenvalue weighted by molar-refractivity contribution is 7.99. The van der Waals surface area contributed by atoms with E-state index in [9.17, 15) is 14.0 Å². The highest BCUT2D eigenvalue weighted by Gasteiger charge is 2.14. The number of aromatic amines is 1. The van der Waals surface area contributed by atoms with E-state index in [0.29, 0.717) is 31.5 Å². The summed E-state index contributed by atoms with van der Waals surface area (Å²) in [4.78, 5) is 36.2. The molecular formula is C20H13FN6O2S2. The van der Waals surface area contributed by atoms with Crippen molar-refractivity contribution in [1.82, 2.24) is 24.7 Å². The first-order valence-electron chi connectivity index (χ1n) is 9.09. The number of carbonyl (C=O) groups excluding carboxylic acids is 1. The highest BCUT2D eigenvalue weighted by Crippen LogP contribution is 2.27. The molecule has 3 aromatic heterocycles. The highest BCUT2D eigenvalue weighted by atomic mass is 32.2. The molecule has 0 aliphatic carbocycles. The van der Waals surface area contributed by atoms with Crippen LogP contribution >= 0.6 is 23.1 Å². The minimum Gasteiger partial charge on any atom is -0.301 e. The Morgan fingerprint density at radius 2 is 2.03 bits per heavy atom. The molecular weight excluding hydrogens is 439 g/mol. The SMILES string of the molecule is O=C(CSc1nc2c(cnn2-c2ccccc2)c(=O)[nH]1)Nc1nc2ccc(F)cc2s1. The number of rotatable bonds is 5. The second kappa shape index (κ2) is 7.93. The largest absolute Gasteiger partial charge is 0.301 e. The summed E-state index contributed by atoms with van der Waals surface area (Å²) in [6, 6.07) is 13.6. The number of nitrogens with one attached hydrogen (secondary N) is 2. The fourth-order valence-corrected chi connectivity index (χ4v) is 4.53. The molecule has 0 aliphatic heterocycles. The average molecular weight is 452 g/mol. The van der Waals surface area contributed by atoms with Gasteiger partial charge in [-0.1, -0.05) is 41.3 Å². The molecule has 0 atom stereocenters. The van der Waals surface area contributed by atoms with Crippen molar-refractivity contribution in [3.63, 3.8) is 0 Å². The van der Waals surface area contributed by atoms with Crippen molar-refractivity contribution in [3.05, 3.63) is 70.9 Å². The van der Waals surface area contributed by atoms with Gasteiger partial charge in [0.2, 0.25) is 5.91 Å². The van der Waals surface area contributed by atoms with Crippen molar-refractivity contribution in [2.24, 2.45) is 0 Å². The molecule has 0 spiro atoms. The lowest BCUT2D eigenvalue weighted by Gasteiger charge is -2.04. The maximum absolute atomic E-state index is 13.3. The molecule has 31 heavy (non-hydrogen) atoms. The molecule has 0 saturated carbocycles. The van der Waals surface area contributed by atoms with Crippen LogP contribution in [-0.2, 0) is 4.79 Å². The number of aromatic nitrogens is 5. The third kappa shape index (κ3) is 3.92. The molecule has 5 aromatic rings. The Labute approximate surface area is 182 Å². The maximum atomic E-state index is 13.3. The zero-order valence-electron chi connectivity index (χ0n) is 15.7. The summed E-state index contributed by atoms with van der Waals surface area (Å²) in [6.07, 6.45) is 1.46. The second-order valence-corrected chi connectivity index (χ2v) is 8.46. The minimum absolute atomic E-state index is 0.0121. The Morgan fingerprint density at radius 1 is 1.19 bits per heavy atom. The number of hydrogen-bond donors (Lipinski definition) is 2. The van der Waals surface area contributed by atoms with Crippen molar-refractivity contribution in [3.8, 4) is 5.69 Å². The molecule has 8 nitrogen and oxygen atoms in total. The van der Waals surface area contributed by atoms with Crippen molar-refractivity contribution in [2.45, 2.75) is 5.16 Å². The number of para-hydroxylation sites is 1. The molecule has 0 unspecified atom stereocenters. The number of hydrogen-bond acceptors (Lipinski definition) is 7. The first-order valence-corrected chi connectivity index (χ1v) is 10.9. The number of benzene rings is 2. The van der Waals surface area contributed by atoms with Crippen LogP contribution in [0.25, 0.3) is 26.9 Å². The van der Waals surface area contributed by atoms with Crippen LogP contribution in [0.5, 0.6) is 0 Å². The molecule has 5 rings (SSSR count). The van der Waals surface area contributed by atoms with Crippen LogP contribution < -0.4 is 10.9 Å². The second-order valence-electron chi connectivity index (χ2n) is 6.47. The van der Waals surface area contributed by atoms with Crippen LogP contribution in [0.4, 0.5) is 9.52 Å². The molecule has 154 valence electrons. The van der Waals surface area contributed by atoms with Crippen LogP contribution in [0.15, 0.2) is 64.7 Å². The third-order valence-electron chi connectivity index (χ3n) is 4.35. The predicted molar refractivity (Wildman–Crippen MR) is 118 cm³/mol. The number of H-pyrrole nitrogens is 1. The van der Waals surface area contributed by atoms with Crippen LogP contribution in [0.3, 0.4) is 0 Å². The Hall–Kier alpha value is -3.57. The van der Waals surface area contributed by atoms with E-state index in [4.69, 9.17) is 0 Å². The number of thiazole rings is 1. The quantitative estimate of drug-likeness (QED) is 0.312. The van der Waals surface area contributed by atoms with Gasteiger partial charge < -0.3 is 10.3 Å². The Kier molecular flexibility index (Phi) is 4.96. The van der Waals surface area contributed by atoms with E-state index in [1.54, 1.807) is 10.7 Å². The van der Waals surface area contributed by atoms with Crippen molar-refractivity contribution < 1.29 is 9.18 Å². The van der Waals surface area contributed by atoms with Gasteiger partial charge in [0.1, 0.15) is 11.2 Å². The van der Waals surface area contributed by atoms with Crippen LogP contribution in [0.1, 0.15) is 0 Å². The summed E-state index contributed by atoms with van der Waals surface area (Å²) < 4.78 is 15.5. The average Bonchev–Trinajstić information content (AvgIpc) is 3.36. The van der Waals surface area contributed by atoms with E-state index in [-0.39, 0.29) is 23.0 Å². The number of thioether (sulfide) groups is 1. The van der Waals surface area contributed by atoms with E-state index < -0.39 is 0 Å². The summed E-state index contributed by atoms with van der Waals surface area (Å²) in [5.74, 6) is -0.660. The number of amides is 1. The summed E-state index contributed by atoms with van der Waals surface area (Å²) in [7, 11) is 0. The summed E-state index contributed by atoms with van der Waals surface area (Å²) in [6.45, 7) is 0. The lowest BCUT2D eigenvalue weighted by molar-refractivity contribution is -0.113. The molecule has 0 bridgehead atoms. The molecule has 0 saturated heterocycles. The van der Waals surface area contributed by atoms with E-state index in [2.05, 4.69) is 25.4 Å². The number of halogens is 1. The molecule has 2 N–H and O–H groups in total.